The van der Waals surface area contributed by atoms with E-state index in [1.807, 2.05) is 0 Å². The number of hydrogen-bond acceptors (Lipinski definition) is 1. The third-order valence-electron chi connectivity index (χ3n) is 4.33. The van der Waals surface area contributed by atoms with Crippen LogP contribution in [0, 0.1) is 23.7 Å². The van der Waals surface area contributed by atoms with Crippen LogP contribution in [0.1, 0.15) is 38.5 Å². The summed E-state index contributed by atoms with van der Waals surface area (Å²) >= 11 is 0. The zero-order valence-electron chi connectivity index (χ0n) is 8.73. The lowest BCUT2D eigenvalue weighted by atomic mass is 10.1. The molecule has 3 aliphatic carbocycles. The van der Waals surface area contributed by atoms with Crippen LogP contribution < -0.4 is 0 Å². The molecular weight excluding hydrogens is 172 g/mol. The monoisotopic (exact) mass is 192 g/mol. The van der Waals surface area contributed by atoms with Gasteiger partial charge in [-0.05, 0) is 62.2 Å². The number of fused-ring (bicyclic) bond motifs is 2. The average molecular weight is 192 g/mol. The van der Waals surface area contributed by atoms with E-state index in [1.165, 1.54) is 25.7 Å². The Labute approximate surface area is 86.2 Å². The van der Waals surface area contributed by atoms with Gasteiger partial charge in [-0.3, -0.25) is 0 Å². The minimum Gasteiger partial charge on any atom is -0.393 e. The van der Waals surface area contributed by atoms with Crippen LogP contribution in [0.3, 0.4) is 0 Å². The standard InChI is InChI=1S/C13H20O/c14-13-4-2-1-3-9-5-10(9)6-11-7-12(11)8-13/h1-2,9-14H,3-8H2/b2-1+/t9-,10-,11?,12?,13+/m0/s1. The van der Waals surface area contributed by atoms with Gasteiger partial charge in [0, 0.05) is 0 Å². The summed E-state index contributed by atoms with van der Waals surface area (Å²) < 4.78 is 0. The van der Waals surface area contributed by atoms with E-state index in [2.05, 4.69) is 12.2 Å². The van der Waals surface area contributed by atoms with Crippen molar-refractivity contribution in [1.82, 2.24) is 0 Å². The molecule has 0 amide bonds. The van der Waals surface area contributed by atoms with E-state index in [0.717, 1.165) is 36.5 Å². The molecule has 14 heavy (non-hydrogen) atoms. The van der Waals surface area contributed by atoms with Crippen LogP contribution in [0.5, 0.6) is 0 Å². The second kappa shape index (κ2) is 3.37. The molecular formula is C13H20O. The first-order valence-corrected chi connectivity index (χ1v) is 6.16. The number of aliphatic hydroxyl groups excluding tert-OH is 1. The SMILES string of the molecule is O[C@@H]1C/C=C/C[C@H]2C[C@H]2CC2CC2C1. The predicted octanol–water partition coefficient (Wildman–Crippen LogP) is 2.75. The van der Waals surface area contributed by atoms with Crippen LogP contribution in [0.2, 0.25) is 0 Å². The van der Waals surface area contributed by atoms with Gasteiger partial charge in [-0.15, -0.1) is 0 Å². The summed E-state index contributed by atoms with van der Waals surface area (Å²) in [6.07, 6.45) is 12.0. The van der Waals surface area contributed by atoms with E-state index < -0.39 is 0 Å². The normalized spacial score (nSPS) is 53.6. The van der Waals surface area contributed by atoms with Gasteiger partial charge in [-0.25, -0.2) is 0 Å². The smallest absolute Gasteiger partial charge is 0.0577 e. The number of hydrogen-bond donors (Lipinski definition) is 1. The Morgan fingerprint density at radius 1 is 0.714 bits per heavy atom. The Morgan fingerprint density at radius 2 is 1.29 bits per heavy atom. The number of allylic oxidation sites excluding steroid dienone is 1. The zero-order chi connectivity index (χ0) is 9.54. The molecule has 0 heterocycles. The van der Waals surface area contributed by atoms with Crippen molar-refractivity contribution in [3.63, 3.8) is 0 Å². The highest BCUT2D eigenvalue weighted by molar-refractivity contribution is 5.00. The maximum Gasteiger partial charge on any atom is 0.0577 e. The van der Waals surface area contributed by atoms with Gasteiger partial charge in [-0.1, -0.05) is 12.2 Å². The third kappa shape index (κ3) is 1.88. The zero-order valence-corrected chi connectivity index (χ0v) is 8.73. The minimum atomic E-state index is -0.0596. The summed E-state index contributed by atoms with van der Waals surface area (Å²) in [6.45, 7) is 0. The Kier molecular flexibility index (Phi) is 2.16. The fraction of sp³-hybridized carbons (Fsp3) is 0.846. The topological polar surface area (TPSA) is 20.2 Å². The average Bonchev–Trinajstić information content (AvgIpc) is 3.00. The number of rotatable bonds is 0. The molecule has 1 heteroatoms. The Balaban J connectivity index is 1.62. The summed E-state index contributed by atoms with van der Waals surface area (Å²) in [5, 5.41) is 9.75. The molecule has 2 fully saturated rings. The molecule has 0 saturated heterocycles. The van der Waals surface area contributed by atoms with Gasteiger partial charge in [0.1, 0.15) is 0 Å². The molecule has 0 spiro atoms. The van der Waals surface area contributed by atoms with Gasteiger partial charge in [0.15, 0.2) is 0 Å². The molecule has 0 aromatic heterocycles. The number of aliphatic hydroxyl groups is 1. The van der Waals surface area contributed by atoms with Crippen molar-refractivity contribution < 1.29 is 5.11 Å². The second-order valence-electron chi connectivity index (χ2n) is 5.58. The van der Waals surface area contributed by atoms with E-state index >= 15 is 0 Å². The molecule has 5 atom stereocenters. The lowest BCUT2D eigenvalue weighted by Gasteiger charge is -2.06. The van der Waals surface area contributed by atoms with Crippen molar-refractivity contribution in [2.24, 2.45) is 23.7 Å². The molecule has 0 bridgehead atoms. The van der Waals surface area contributed by atoms with Gasteiger partial charge >= 0.3 is 0 Å². The summed E-state index contributed by atoms with van der Waals surface area (Å²) in [6, 6.07) is 0. The molecule has 0 aromatic carbocycles. The quantitative estimate of drug-likeness (QED) is 0.585. The summed E-state index contributed by atoms with van der Waals surface area (Å²) in [5.74, 6) is 3.91. The van der Waals surface area contributed by atoms with Crippen LogP contribution in [0.4, 0.5) is 0 Å². The lowest BCUT2D eigenvalue weighted by Crippen LogP contribution is -2.06. The first-order valence-electron chi connectivity index (χ1n) is 6.16. The van der Waals surface area contributed by atoms with Crippen LogP contribution in [-0.4, -0.2) is 11.2 Å². The van der Waals surface area contributed by atoms with Gasteiger partial charge in [0.25, 0.3) is 0 Å². The second-order valence-corrected chi connectivity index (χ2v) is 5.58. The Morgan fingerprint density at radius 3 is 2.14 bits per heavy atom. The van der Waals surface area contributed by atoms with Gasteiger partial charge in [0.2, 0.25) is 0 Å². The maximum atomic E-state index is 9.75. The van der Waals surface area contributed by atoms with Crippen molar-refractivity contribution in [2.45, 2.75) is 44.6 Å². The maximum absolute atomic E-state index is 9.75. The van der Waals surface area contributed by atoms with Crippen molar-refractivity contribution in [2.75, 3.05) is 0 Å². The summed E-state index contributed by atoms with van der Waals surface area (Å²) in [7, 11) is 0. The van der Waals surface area contributed by atoms with Crippen LogP contribution in [0.25, 0.3) is 0 Å². The molecule has 0 aromatic rings. The molecule has 1 nitrogen and oxygen atoms in total. The first kappa shape index (κ1) is 8.96. The molecule has 2 unspecified atom stereocenters. The van der Waals surface area contributed by atoms with Crippen LogP contribution in [-0.2, 0) is 0 Å². The molecule has 3 aliphatic rings. The molecule has 2 saturated carbocycles. The minimum absolute atomic E-state index is 0.0596. The highest BCUT2D eigenvalue weighted by Gasteiger charge is 2.45. The highest BCUT2D eigenvalue weighted by Crippen LogP contribution is 2.54. The van der Waals surface area contributed by atoms with Crippen molar-refractivity contribution >= 4 is 0 Å². The summed E-state index contributed by atoms with van der Waals surface area (Å²) in [4.78, 5) is 0. The third-order valence-corrected chi connectivity index (χ3v) is 4.33. The molecule has 0 aliphatic heterocycles. The van der Waals surface area contributed by atoms with Gasteiger partial charge in [0.05, 0.1) is 6.10 Å². The van der Waals surface area contributed by atoms with Crippen molar-refractivity contribution in [1.29, 1.82) is 0 Å². The van der Waals surface area contributed by atoms with E-state index in [0.29, 0.717) is 0 Å². The molecule has 0 radical (unpaired) electrons. The van der Waals surface area contributed by atoms with E-state index in [9.17, 15) is 5.11 Å². The largest absolute Gasteiger partial charge is 0.393 e. The van der Waals surface area contributed by atoms with E-state index in [-0.39, 0.29) is 6.10 Å². The molecule has 78 valence electrons. The summed E-state index contributed by atoms with van der Waals surface area (Å²) in [5.41, 5.74) is 0. The molecule has 3 rings (SSSR count). The fourth-order valence-corrected chi connectivity index (χ4v) is 3.13. The van der Waals surface area contributed by atoms with Crippen LogP contribution >= 0.6 is 0 Å². The van der Waals surface area contributed by atoms with Crippen molar-refractivity contribution in [3.8, 4) is 0 Å². The van der Waals surface area contributed by atoms with E-state index in [4.69, 9.17) is 0 Å². The highest BCUT2D eigenvalue weighted by atomic mass is 16.3. The van der Waals surface area contributed by atoms with Gasteiger partial charge < -0.3 is 5.11 Å². The van der Waals surface area contributed by atoms with E-state index in [1.54, 1.807) is 0 Å². The predicted molar refractivity (Wildman–Crippen MR) is 56.8 cm³/mol. The fourth-order valence-electron chi connectivity index (χ4n) is 3.13. The Hall–Kier alpha value is -0.300. The van der Waals surface area contributed by atoms with Crippen LogP contribution in [0.15, 0.2) is 12.2 Å². The van der Waals surface area contributed by atoms with Gasteiger partial charge in [-0.2, -0.15) is 0 Å². The van der Waals surface area contributed by atoms with Crippen molar-refractivity contribution in [3.05, 3.63) is 12.2 Å². The first-order chi connectivity index (χ1) is 6.83. The Bertz CT molecular complexity index is 246. The lowest BCUT2D eigenvalue weighted by molar-refractivity contribution is 0.158. The molecule has 1 N–H and O–H groups in total.